The van der Waals surface area contributed by atoms with Crippen molar-refractivity contribution in [3.05, 3.63) is 23.9 Å². The summed E-state index contributed by atoms with van der Waals surface area (Å²) in [4.78, 5) is 8.25. The van der Waals surface area contributed by atoms with E-state index in [-0.39, 0.29) is 0 Å². The Hall–Kier alpha value is -1.29. The summed E-state index contributed by atoms with van der Waals surface area (Å²) in [7, 11) is 0. The van der Waals surface area contributed by atoms with Gasteiger partial charge in [0, 0.05) is 18.3 Å². The highest BCUT2D eigenvalue weighted by atomic mass is 35.5. The van der Waals surface area contributed by atoms with Gasteiger partial charge in [0.05, 0.1) is 6.20 Å². The van der Waals surface area contributed by atoms with Crippen molar-refractivity contribution in [2.24, 2.45) is 10.9 Å². The first-order valence-corrected chi connectivity index (χ1v) is 4.75. The minimum atomic E-state index is 0.325. The van der Waals surface area contributed by atoms with Gasteiger partial charge in [-0.1, -0.05) is 13.8 Å². The highest BCUT2D eigenvalue weighted by molar-refractivity contribution is 6.28. The molecule has 5 heteroatoms. The van der Waals surface area contributed by atoms with Crippen molar-refractivity contribution in [3.8, 4) is 0 Å². The summed E-state index contributed by atoms with van der Waals surface area (Å²) < 4.78 is 1.69. The Balaban J connectivity index is 2.27. The molecule has 2 rings (SSSR count). The Labute approximate surface area is 87.3 Å². The zero-order valence-corrected chi connectivity index (χ0v) is 8.73. The van der Waals surface area contributed by atoms with Gasteiger partial charge >= 0.3 is 0 Å². The third kappa shape index (κ3) is 1.53. The molecule has 1 aliphatic heterocycles. The smallest absolute Gasteiger partial charge is 0.208 e. The largest absolute Gasteiger partial charge is 0.273 e. The Morgan fingerprint density at radius 3 is 2.71 bits per heavy atom. The van der Waals surface area contributed by atoms with Gasteiger partial charge in [-0.2, -0.15) is 0 Å². The maximum atomic E-state index is 5.85. The highest BCUT2D eigenvalue weighted by Crippen LogP contribution is 2.18. The summed E-state index contributed by atoms with van der Waals surface area (Å²) in [6.45, 7) is 4.10. The van der Waals surface area contributed by atoms with Crippen LogP contribution in [0, 0.1) is 5.92 Å². The maximum Gasteiger partial charge on any atom is 0.208 e. The lowest BCUT2D eigenvalue weighted by molar-refractivity contribution is 0.853. The lowest BCUT2D eigenvalue weighted by Gasteiger charge is -2.01. The standard InChI is InChI=1S/C9H10ClN4/c1-6(2)8-12-5-7(13-8)14-4-3-11-9(14)10/h3-6H,1-2H3. The van der Waals surface area contributed by atoms with Crippen LogP contribution < -0.4 is 5.32 Å². The van der Waals surface area contributed by atoms with Gasteiger partial charge in [0.15, 0.2) is 5.82 Å². The fourth-order valence-electron chi connectivity index (χ4n) is 1.15. The molecule has 0 aromatic carbocycles. The first-order valence-electron chi connectivity index (χ1n) is 4.37. The SMILES string of the molecule is CC(C)C1=NC(n2ccnc2Cl)=C[N]1. The number of halogens is 1. The van der Waals surface area contributed by atoms with Crippen molar-refractivity contribution in [2.75, 3.05) is 0 Å². The van der Waals surface area contributed by atoms with E-state index in [1.807, 2.05) is 0 Å². The van der Waals surface area contributed by atoms with Gasteiger partial charge in [0.25, 0.3) is 0 Å². The van der Waals surface area contributed by atoms with Crippen LogP contribution in [0.1, 0.15) is 13.8 Å². The zero-order valence-electron chi connectivity index (χ0n) is 7.98. The van der Waals surface area contributed by atoms with Crippen LogP contribution in [0.4, 0.5) is 0 Å². The first-order chi connectivity index (χ1) is 6.68. The number of aliphatic imine (C=N–C) groups is 1. The van der Waals surface area contributed by atoms with Gasteiger partial charge in [-0.25, -0.2) is 15.3 Å². The third-order valence-electron chi connectivity index (χ3n) is 1.90. The minimum Gasteiger partial charge on any atom is -0.273 e. The molecule has 0 spiro atoms. The van der Waals surface area contributed by atoms with Crippen molar-refractivity contribution in [2.45, 2.75) is 13.8 Å². The van der Waals surface area contributed by atoms with Crippen molar-refractivity contribution in [3.63, 3.8) is 0 Å². The summed E-state index contributed by atoms with van der Waals surface area (Å²) in [6, 6.07) is 0. The molecule has 1 aliphatic rings. The molecule has 0 unspecified atom stereocenters. The second-order valence-electron chi connectivity index (χ2n) is 3.31. The molecule has 0 atom stereocenters. The Kier molecular flexibility index (Phi) is 2.29. The van der Waals surface area contributed by atoms with Crippen LogP contribution >= 0.6 is 11.6 Å². The molecule has 1 aromatic heterocycles. The number of aromatic nitrogens is 2. The molecule has 73 valence electrons. The third-order valence-corrected chi connectivity index (χ3v) is 2.18. The molecule has 14 heavy (non-hydrogen) atoms. The van der Waals surface area contributed by atoms with Crippen LogP contribution in [-0.2, 0) is 0 Å². The van der Waals surface area contributed by atoms with Crippen LogP contribution in [-0.4, -0.2) is 15.4 Å². The molecular weight excluding hydrogens is 200 g/mol. The second-order valence-corrected chi connectivity index (χ2v) is 3.65. The summed E-state index contributed by atoms with van der Waals surface area (Å²) in [6.07, 6.45) is 5.09. The van der Waals surface area contributed by atoms with E-state index < -0.39 is 0 Å². The zero-order chi connectivity index (χ0) is 10.1. The lowest BCUT2D eigenvalue weighted by atomic mass is 10.2. The quantitative estimate of drug-likeness (QED) is 0.735. The highest BCUT2D eigenvalue weighted by Gasteiger charge is 2.15. The summed E-state index contributed by atoms with van der Waals surface area (Å²) in [5, 5.41) is 4.60. The predicted molar refractivity (Wildman–Crippen MR) is 55.9 cm³/mol. The average Bonchev–Trinajstić information content (AvgIpc) is 2.71. The van der Waals surface area contributed by atoms with Crippen LogP contribution in [0.3, 0.4) is 0 Å². The number of rotatable bonds is 2. The first kappa shape index (κ1) is 9.27. The van der Waals surface area contributed by atoms with Crippen molar-refractivity contribution < 1.29 is 0 Å². The molecule has 2 heterocycles. The van der Waals surface area contributed by atoms with Gasteiger partial charge in [-0.05, 0) is 11.6 Å². The van der Waals surface area contributed by atoms with Gasteiger partial charge in [-0.15, -0.1) is 0 Å². The normalized spacial score (nSPS) is 15.4. The fraction of sp³-hybridized carbons (Fsp3) is 0.333. The van der Waals surface area contributed by atoms with Gasteiger partial charge in [0.1, 0.15) is 5.84 Å². The van der Waals surface area contributed by atoms with E-state index in [0.717, 1.165) is 11.7 Å². The number of nitrogens with zero attached hydrogens (tertiary/aromatic N) is 4. The van der Waals surface area contributed by atoms with E-state index >= 15 is 0 Å². The number of hydrogen-bond acceptors (Lipinski definition) is 2. The van der Waals surface area contributed by atoms with Gasteiger partial charge in [0.2, 0.25) is 5.28 Å². The van der Waals surface area contributed by atoms with Crippen LogP contribution in [0.5, 0.6) is 0 Å². The molecule has 0 aliphatic carbocycles. The van der Waals surface area contributed by atoms with E-state index in [1.165, 1.54) is 0 Å². The van der Waals surface area contributed by atoms with E-state index in [1.54, 1.807) is 23.2 Å². The molecule has 0 N–H and O–H groups in total. The van der Waals surface area contributed by atoms with Crippen LogP contribution in [0.15, 0.2) is 23.6 Å². The average molecular weight is 210 g/mol. The van der Waals surface area contributed by atoms with Crippen LogP contribution in [0.2, 0.25) is 5.28 Å². The predicted octanol–water partition coefficient (Wildman–Crippen LogP) is 1.96. The molecule has 0 fully saturated rings. The molecule has 1 aromatic rings. The van der Waals surface area contributed by atoms with Crippen molar-refractivity contribution >= 4 is 23.3 Å². The second kappa shape index (κ2) is 3.46. The number of imidazole rings is 1. The van der Waals surface area contributed by atoms with Gasteiger partial charge < -0.3 is 0 Å². The molecule has 0 saturated carbocycles. The monoisotopic (exact) mass is 209 g/mol. The molecular formula is C9H10ClN4. The van der Waals surface area contributed by atoms with Crippen molar-refractivity contribution in [1.29, 1.82) is 0 Å². The molecule has 0 bridgehead atoms. The van der Waals surface area contributed by atoms with Crippen molar-refractivity contribution in [1.82, 2.24) is 14.9 Å². The van der Waals surface area contributed by atoms with E-state index in [9.17, 15) is 0 Å². The van der Waals surface area contributed by atoms with Crippen LogP contribution in [0.25, 0.3) is 5.82 Å². The summed E-state index contributed by atoms with van der Waals surface area (Å²) in [5.74, 6) is 1.87. The Morgan fingerprint density at radius 1 is 1.43 bits per heavy atom. The Bertz CT molecular complexity index is 403. The molecule has 0 amide bonds. The van der Waals surface area contributed by atoms with E-state index in [4.69, 9.17) is 11.6 Å². The Morgan fingerprint density at radius 2 is 2.21 bits per heavy atom. The summed E-state index contributed by atoms with van der Waals surface area (Å²) in [5.41, 5.74) is 0. The minimum absolute atomic E-state index is 0.325. The lowest BCUT2D eigenvalue weighted by Crippen LogP contribution is -2.13. The number of hydrogen-bond donors (Lipinski definition) is 0. The van der Waals surface area contributed by atoms with E-state index in [2.05, 4.69) is 29.1 Å². The molecule has 0 saturated heterocycles. The molecule has 1 radical (unpaired) electrons. The summed E-state index contributed by atoms with van der Waals surface area (Å²) >= 11 is 5.85. The topological polar surface area (TPSA) is 44.3 Å². The molecule has 4 nitrogen and oxygen atoms in total. The fourth-order valence-corrected chi connectivity index (χ4v) is 1.35. The number of amidine groups is 1. The maximum absolute atomic E-state index is 5.85. The van der Waals surface area contributed by atoms with Gasteiger partial charge in [-0.3, -0.25) is 4.57 Å². The van der Waals surface area contributed by atoms with E-state index in [0.29, 0.717) is 11.2 Å².